The Bertz CT molecular complexity index is 622. The molecule has 2 aromatic rings. The first-order valence-electron chi connectivity index (χ1n) is 7.55. The summed E-state index contributed by atoms with van der Waals surface area (Å²) in [6.07, 6.45) is 4.23. The molecule has 0 saturated carbocycles. The maximum absolute atomic E-state index is 4.53. The predicted molar refractivity (Wildman–Crippen MR) is 84.4 cm³/mol. The number of nitrogens with zero attached hydrogens (tertiary/aromatic N) is 4. The average molecular weight is 305 g/mol. The molecule has 21 heavy (non-hydrogen) atoms. The molecular formula is C15H23N5S. The van der Waals surface area contributed by atoms with E-state index in [2.05, 4.69) is 52.8 Å². The molecule has 0 spiro atoms. The fourth-order valence-electron chi connectivity index (χ4n) is 2.57. The Morgan fingerprint density at radius 2 is 2.19 bits per heavy atom. The summed E-state index contributed by atoms with van der Waals surface area (Å²) >= 11 is 1.79. The molecule has 1 N–H and O–H groups in total. The Balaban J connectivity index is 1.63. The molecule has 3 rings (SSSR count). The molecule has 1 atom stereocenters. The highest BCUT2D eigenvalue weighted by atomic mass is 32.1. The third-order valence-electron chi connectivity index (χ3n) is 3.80. The Morgan fingerprint density at radius 1 is 1.38 bits per heavy atom. The van der Waals surface area contributed by atoms with Gasteiger partial charge in [0.1, 0.15) is 11.6 Å². The van der Waals surface area contributed by atoms with Crippen molar-refractivity contribution in [1.29, 1.82) is 0 Å². The SMILES string of the molecule is CC(NCc1cnc(C(C)(C)C)s1)c1nnc2n1CCC2. The van der Waals surface area contributed by atoms with E-state index >= 15 is 0 Å². The smallest absolute Gasteiger partial charge is 0.149 e. The largest absolute Gasteiger partial charge is 0.314 e. The van der Waals surface area contributed by atoms with Crippen molar-refractivity contribution in [3.05, 3.63) is 27.7 Å². The third kappa shape index (κ3) is 3.01. The van der Waals surface area contributed by atoms with Crippen molar-refractivity contribution in [3.8, 4) is 0 Å². The van der Waals surface area contributed by atoms with Crippen LogP contribution in [0.25, 0.3) is 0 Å². The first-order chi connectivity index (χ1) is 9.95. The second-order valence-corrected chi connectivity index (χ2v) is 7.83. The lowest BCUT2D eigenvalue weighted by Crippen LogP contribution is -2.21. The number of fused-ring (bicyclic) bond motifs is 1. The maximum atomic E-state index is 4.53. The van der Waals surface area contributed by atoms with Gasteiger partial charge in [-0.15, -0.1) is 21.5 Å². The zero-order valence-electron chi connectivity index (χ0n) is 13.2. The molecule has 5 nitrogen and oxygen atoms in total. The average Bonchev–Trinajstić information content (AvgIpc) is 3.10. The summed E-state index contributed by atoms with van der Waals surface area (Å²) in [7, 11) is 0. The molecular weight excluding hydrogens is 282 g/mol. The molecule has 0 bridgehead atoms. The van der Waals surface area contributed by atoms with Crippen LogP contribution in [0.1, 0.15) is 61.7 Å². The molecule has 0 aliphatic carbocycles. The molecule has 1 unspecified atom stereocenters. The number of thiazole rings is 1. The highest BCUT2D eigenvalue weighted by Crippen LogP contribution is 2.27. The van der Waals surface area contributed by atoms with Gasteiger partial charge < -0.3 is 9.88 Å². The van der Waals surface area contributed by atoms with Crippen LogP contribution in [0.4, 0.5) is 0 Å². The van der Waals surface area contributed by atoms with Gasteiger partial charge in [0.05, 0.1) is 11.0 Å². The van der Waals surface area contributed by atoms with Gasteiger partial charge in [-0.05, 0) is 13.3 Å². The first kappa shape index (κ1) is 14.7. The van der Waals surface area contributed by atoms with Gasteiger partial charge in [-0.2, -0.15) is 0 Å². The third-order valence-corrected chi connectivity index (χ3v) is 5.23. The second kappa shape index (κ2) is 5.50. The molecule has 1 aliphatic heterocycles. The van der Waals surface area contributed by atoms with E-state index < -0.39 is 0 Å². The Morgan fingerprint density at radius 3 is 2.90 bits per heavy atom. The minimum Gasteiger partial charge on any atom is -0.314 e. The summed E-state index contributed by atoms with van der Waals surface area (Å²) in [5.41, 5.74) is 0.127. The number of aromatic nitrogens is 4. The molecule has 3 heterocycles. The lowest BCUT2D eigenvalue weighted by atomic mass is 9.98. The van der Waals surface area contributed by atoms with Crippen LogP contribution in [0.5, 0.6) is 0 Å². The van der Waals surface area contributed by atoms with E-state index in [1.165, 1.54) is 16.3 Å². The number of hydrogen-bond donors (Lipinski definition) is 1. The quantitative estimate of drug-likeness (QED) is 0.943. The summed E-state index contributed by atoms with van der Waals surface area (Å²) < 4.78 is 2.25. The minimum atomic E-state index is 0.127. The molecule has 0 saturated heterocycles. The van der Waals surface area contributed by atoms with Gasteiger partial charge in [-0.25, -0.2) is 4.98 Å². The monoisotopic (exact) mass is 305 g/mol. The van der Waals surface area contributed by atoms with Crippen LogP contribution in [0.15, 0.2) is 6.20 Å². The van der Waals surface area contributed by atoms with E-state index in [1.54, 1.807) is 11.3 Å². The lowest BCUT2D eigenvalue weighted by Gasteiger charge is -2.14. The van der Waals surface area contributed by atoms with Crippen LogP contribution in [0.2, 0.25) is 0 Å². The van der Waals surface area contributed by atoms with E-state index in [0.29, 0.717) is 0 Å². The lowest BCUT2D eigenvalue weighted by molar-refractivity contribution is 0.518. The normalized spacial score (nSPS) is 16.2. The van der Waals surface area contributed by atoms with Crippen LogP contribution >= 0.6 is 11.3 Å². The number of aryl methyl sites for hydroxylation is 1. The van der Waals surface area contributed by atoms with E-state index in [0.717, 1.165) is 31.2 Å². The maximum Gasteiger partial charge on any atom is 0.149 e. The zero-order chi connectivity index (χ0) is 15.0. The van der Waals surface area contributed by atoms with Crippen molar-refractivity contribution >= 4 is 11.3 Å². The highest BCUT2D eigenvalue weighted by molar-refractivity contribution is 7.11. The van der Waals surface area contributed by atoms with Crippen molar-refractivity contribution in [2.24, 2.45) is 0 Å². The van der Waals surface area contributed by atoms with Gasteiger partial charge >= 0.3 is 0 Å². The molecule has 1 aliphatic rings. The zero-order valence-corrected chi connectivity index (χ0v) is 14.0. The van der Waals surface area contributed by atoms with Crippen molar-refractivity contribution in [2.75, 3.05) is 0 Å². The summed E-state index contributed by atoms with van der Waals surface area (Å²) in [6, 6.07) is 0.213. The van der Waals surface area contributed by atoms with Crippen LogP contribution in [-0.4, -0.2) is 19.7 Å². The Hall–Kier alpha value is -1.27. The van der Waals surface area contributed by atoms with E-state index in [4.69, 9.17) is 0 Å². The van der Waals surface area contributed by atoms with Crippen LogP contribution in [0, 0.1) is 0 Å². The van der Waals surface area contributed by atoms with Gasteiger partial charge in [0.2, 0.25) is 0 Å². The van der Waals surface area contributed by atoms with Crippen molar-refractivity contribution < 1.29 is 0 Å². The van der Waals surface area contributed by atoms with Crippen molar-refractivity contribution in [2.45, 2.75) is 65.1 Å². The molecule has 114 valence electrons. The standard InChI is InChI=1S/C15H23N5S/c1-10(13-19-18-12-6-5-7-20(12)13)16-8-11-9-17-14(21-11)15(2,3)4/h9-10,16H,5-8H2,1-4H3. The Labute approximate surface area is 129 Å². The van der Waals surface area contributed by atoms with Crippen LogP contribution in [0.3, 0.4) is 0 Å². The van der Waals surface area contributed by atoms with Crippen molar-refractivity contribution in [1.82, 2.24) is 25.1 Å². The first-order valence-corrected chi connectivity index (χ1v) is 8.37. The van der Waals surface area contributed by atoms with E-state index in [9.17, 15) is 0 Å². The fraction of sp³-hybridized carbons (Fsp3) is 0.667. The number of rotatable bonds is 4. The highest BCUT2D eigenvalue weighted by Gasteiger charge is 2.22. The summed E-state index contributed by atoms with van der Waals surface area (Å²) in [5.74, 6) is 2.19. The Kier molecular flexibility index (Phi) is 3.84. The minimum absolute atomic E-state index is 0.127. The van der Waals surface area contributed by atoms with Crippen LogP contribution < -0.4 is 5.32 Å². The molecule has 0 fully saturated rings. The number of hydrogen-bond acceptors (Lipinski definition) is 5. The van der Waals surface area contributed by atoms with E-state index in [1.807, 2.05) is 6.20 Å². The van der Waals surface area contributed by atoms with Crippen molar-refractivity contribution in [3.63, 3.8) is 0 Å². The van der Waals surface area contributed by atoms with Gasteiger partial charge in [0, 0.05) is 36.0 Å². The van der Waals surface area contributed by atoms with Gasteiger partial charge in [0.25, 0.3) is 0 Å². The number of nitrogens with one attached hydrogen (secondary N) is 1. The predicted octanol–water partition coefficient (Wildman–Crippen LogP) is 2.83. The van der Waals surface area contributed by atoms with Gasteiger partial charge in [0.15, 0.2) is 0 Å². The topological polar surface area (TPSA) is 55.6 Å². The second-order valence-electron chi connectivity index (χ2n) is 6.71. The fourth-order valence-corrected chi connectivity index (χ4v) is 3.50. The van der Waals surface area contributed by atoms with Gasteiger partial charge in [-0.1, -0.05) is 20.8 Å². The molecule has 0 amide bonds. The molecule has 2 aromatic heterocycles. The summed E-state index contributed by atoms with van der Waals surface area (Å²) in [5, 5.41) is 13.3. The summed E-state index contributed by atoms with van der Waals surface area (Å²) in [4.78, 5) is 5.80. The van der Waals surface area contributed by atoms with Gasteiger partial charge in [-0.3, -0.25) is 0 Å². The molecule has 0 radical (unpaired) electrons. The van der Waals surface area contributed by atoms with Crippen LogP contribution in [-0.2, 0) is 24.9 Å². The molecule has 0 aromatic carbocycles. The summed E-state index contributed by atoms with van der Waals surface area (Å²) in [6.45, 7) is 10.6. The molecule has 6 heteroatoms. The van der Waals surface area contributed by atoms with E-state index in [-0.39, 0.29) is 11.5 Å².